The predicted octanol–water partition coefficient (Wildman–Crippen LogP) is 0.103. The fourth-order valence-corrected chi connectivity index (χ4v) is 3.63. The molecule has 0 spiro atoms. The molecule has 2 rings (SSSR count). The van der Waals surface area contributed by atoms with E-state index in [2.05, 4.69) is 13.8 Å². The summed E-state index contributed by atoms with van der Waals surface area (Å²) in [6.07, 6.45) is 1.44. The van der Waals surface area contributed by atoms with E-state index in [9.17, 15) is 10.2 Å². The van der Waals surface area contributed by atoms with Crippen LogP contribution in [0.2, 0.25) is 0 Å². The van der Waals surface area contributed by atoms with Crippen LogP contribution in [0.25, 0.3) is 0 Å². The van der Waals surface area contributed by atoms with Gasteiger partial charge in [0.25, 0.3) is 0 Å². The highest BCUT2D eigenvalue weighted by molar-refractivity contribution is 5.17. The first-order chi connectivity index (χ1) is 5.97. The van der Waals surface area contributed by atoms with Gasteiger partial charge < -0.3 is 15.9 Å². The molecule has 2 fully saturated rings. The molecule has 0 aromatic heterocycles. The Morgan fingerprint density at radius 1 is 1.46 bits per heavy atom. The zero-order valence-electron chi connectivity index (χ0n) is 8.33. The van der Waals surface area contributed by atoms with Gasteiger partial charge in [-0.2, -0.15) is 0 Å². The van der Waals surface area contributed by atoms with Crippen molar-refractivity contribution in [3.63, 3.8) is 0 Å². The van der Waals surface area contributed by atoms with E-state index in [0.717, 1.165) is 12.8 Å². The van der Waals surface area contributed by atoms with Crippen LogP contribution >= 0.6 is 0 Å². The van der Waals surface area contributed by atoms with Crippen molar-refractivity contribution in [3.8, 4) is 0 Å². The quantitative estimate of drug-likeness (QED) is 0.543. The van der Waals surface area contributed by atoms with Crippen molar-refractivity contribution in [2.24, 2.45) is 22.5 Å². The Balaban J connectivity index is 2.44. The normalized spacial score (nSPS) is 52.8. The van der Waals surface area contributed by atoms with E-state index in [1.54, 1.807) is 0 Å². The molecule has 4 unspecified atom stereocenters. The number of aliphatic hydroxyl groups is 2. The molecule has 0 aliphatic heterocycles. The number of nitrogens with two attached hydrogens (primary N) is 1. The molecule has 13 heavy (non-hydrogen) atoms. The van der Waals surface area contributed by atoms with Gasteiger partial charge in [0.2, 0.25) is 0 Å². The molecule has 0 radical (unpaired) electrons. The maximum absolute atomic E-state index is 9.99. The van der Waals surface area contributed by atoms with Crippen LogP contribution in [-0.2, 0) is 0 Å². The molecule has 3 nitrogen and oxygen atoms in total. The summed E-state index contributed by atoms with van der Waals surface area (Å²) in [5, 5.41) is 19.4. The van der Waals surface area contributed by atoms with Gasteiger partial charge in [-0.3, -0.25) is 0 Å². The van der Waals surface area contributed by atoms with E-state index in [1.165, 1.54) is 0 Å². The molecule has 2 aliphatic rings. The van der Waals surface area contributed by atoms with Gasteiger partial charge in [-0.05, 0) is 24.2 Å². The summed E-state index contributed by atoms with van der Waals surface area (Å²) in [7, 11) is 0. The van der Waals surface area contributed by atoms with Crippen molar-refractivity contribution in [2.75, 3.05) is 6.61 Å². The molecule has 4 N–H and O–H groups in total. The van der Waals surface area contributed by atoms with Crippen molar-refractivity contribution in [1.82, 2.24) is 0 Å². The molecule has 76 valence electrons. The molecular weight excluding hydrogens is 166 g/mol. The summed E-state index contributed by atoms with van der Waals surface area (Å²) < 4.78 is 0. The molecule has 2 saturated carbocycles. The van der Waals surface area contributed by atoms with Crippen LogP contribution in [0.3, 0.4) is 0 Å². The van der Waals surface area contributed by atoms with Crippen LogP contribution in [0.15, 0.2) is 0 Å². The lowest BCUT2D eigenvalue weighted by Gasteiger charge is -2.38. The Kier molecular flexibility index (Phi) is 1.79. The fraction of sp³-hybridized carbons (Fsp3) is 1.00. The van der Waals surface area contributed by atoms with Gasteiger partial charge in [0.05, 0.1) is 12.7 Å². The minimum Gasteiger partial charge on any atom is -0.396 e. The van der Waals surface area contributed by atoms with Crippen LogP contribution < -0.4 is 5.73 Å². The Morgan fingerprint density at radius 3 is 2.38 bits per heavy atom. The highest BCUT2D eigenvalue weighted by Gasteiger charge is 2.67. The Labute approximate surface area is 78.9 Å². The number of hydrogen-bond donors (Lipinski definition) is 3. The summed E-state index contributed by atoms with van der Waals surface area (Å²) in [4.78, 5) is 0. The van der Waals surface area contributed by atoms with Crippen LogP contribution in [0.1, 0.15) is 26.7 Å². The van der Waals surface area contributed by atoms with Crippen molar-refractivity contribution >= 4 is 0 Å². The van der Waals surface area contributed by atoms with Crippen molar-refractivity contribution < 1.29 is 10.2 Å². The zero-order chi connectivity index (χ0) is 9.85. The van der Waals surface area contributed by atoms with E-state index in [-0.39, 0.29) is 23.5 Å². The number of rotatable bonds is 1. The molecule has 3 heteroatoms. The van der Waals surface area contributed by atoms with E-state index >= 15 is 0 Å². The summed E-state index contributed by atoms with van der Waals surface area (Å²) in [6, 6.07) is -0.143. The van der Waals surface area contributed by atoms with E-state index in [1.807, 2.05) is 0 Å². The summed E-state index contributed by atoms with van der Waals surface area (Å²) in [5.74, 6) is 0.370. The van der Waals surface area contributed by atoms with Crippen LogP contribution in [0.4, 0.5) is 0 Å². The second-order valence-electron chi connectivity index (χ2n) is 5.20. The number of fused-ring (bicyclic) bond motifs is 2. The largest absolute Gasteiger partial charge is 0.396 e. The standard InChI is InChI=1S/C10H19NO2/c1-9(2)6-3-4-10(9,5-12)8(13)7(6)11/h6-8,12-13H,3-5,11H2,1-2H3. The monoisotopic (exact) mass is 185 g/mol. The highest BCUT2D eigenvalue weighted by atomic mass is 16.3. The molecule has 0 aromatic carbocycles. The average molecular weight is 185 g/mol. The van der Waals surface area contributed by atoms with Crippen molar-refractivity contribution in [1.29, 1.82) is 0 Å². The second-order valence-corrected chi connectivity index (χ2v) is 5.20. The minimum atomic E-state index is -0.522. The van der Waals surface area contributed by atoms with Gasteiger partial charge in [-0.1, -0.05) is 13.8 Å². The van der Waals surface area contributed by atoms with Gasteiger partial charge >= 0.3 is 0 Å². The number of aliphatic hydroxyl groups excluding tert-OH is 2. The first-order valence-corrected chi connectivity index (χ1v) is 5.02. The van der Waals surface area contributed by atoms with Crippen LogP contribution in [0.5, 0.6) is 0 Å². The second kappa shape index (κ2) is 2.47. The van der Waals surface area contributed by atoms with Crippen molar-refractivity contribution in [2.45, 2.75) is 38.8 Å². The first kappa shape index (κ1) is 9.44. The zero-order valence-corrected chi connectivity index (χ0v) is 8.33. The third-order valence-electron chi connectivity index (χ3n) is 4.79. The SMILES string of the molecule is CC1(C)C2CCC1(CO)C(O)C2N. The van der Waals surface area contributed by atoms with Crippen molar-refractivity contribution in [3.05, 3.63) is 0 Å². The maximum atomic E-state index is 9.99. The third-order valence-corrected chi connectivity index (χ3v) is 4.79. The predicted molar refractivity (Wildman–Crippen MR) is 50.0 cm³/mol. The van der Waals surface area contributed by atoms with E-state index < -0.39 is 6.10 Å². The van der Waals surface area contributed by atoms with Gasteiger partial charge in [-0.15, -0.1) is 0 Å². The minimum absolute atomic E-state index is 0.0133. The molecule has 0 heterocycles. The molecule has 4 atom stereocenters. The third kappa shape index (κ3) is 0.808. The van der Waals surface area contributed by atoms with Gasteiger partial charge in [0.15, 0.2) is 0 Å². The molecule has 2 bridgehead atoms. The fourth-order valence-electron chi connectivity index (χ4n) is 3.63. The van der Waals surface area contributed by atoms with Gasteiger partial charge in [0.1, 0.15) is 0 Å². The Bertz CT molecular complexity index is 229. The highest BCUT2D eigenvalue weighted by Crippen LogP contribution is 2.64. The molecule has 0 saturated heterocycles. The van der Waals surface area contributed by atoms with Gasteiger partial charge in [-0.25, -0.2) is 0 Å². The smallest absolute Gasteiger partial charge is 0.0777 e. The Hall–Kier alpha value is -0.120. The lowest BCUT2D eigenvalue weighted by atomic mass is 9.69. The van der Waals surface area contributed by atoms with E-state index in [0.29, 0.717) is 5.92 Å². The van der Waals surface area contributed by atoms with Gasteiger partial charge in [0, 0.05) is 11.5 Å². The summed E-state index contributed by atoms with van der Waals surface area (Å²) >= 11 is 0. The first-order valence-electron chi connectivity index (χ1n) is 5.02. The molecule has 2 aliphatic carbocycles. The topological polar surface area (TPSA) is 66.5 Å². The maximum Gasteiger partial charge on any atom is 0.0777 e. The lowest BCUT2D eigenvalue weighted by molar-refractivity contribution is -0.0488. The Morgan fingerprint density at radius 2 is 2.08 bits per heavy atom. The number of hydrogen-bond acceptors (Lipinski definition) is 3. The lowest BCUT2D eigenvalue weighted by Crippen LogP contribution is -2.47. The van der Waals surface area contributed by atoms with Crippen LogP contribution in [-0.4, -0.2) is 29.0 Å². The van der Waals surface area contributed by atoms with Crippen LogP contribution in [0, 0.1) is 16.7 Å². The summed E-state index contributed by atoms with van der Waals surface area (Å²) in [5.41, 5.74) is 5.59. The average Bonchev–Trinajstić information content (AvgIpc) is 2.41. The van der Waals surface area contributed by atoms with E-state index in [4.69, 9.17) is 5.73 Å². The molecule has 0 amide bonds. The summed E-state index contributed by atoms with van der Waals surface area (Å²) in [6.45, 7) is 4.30. The molecule has 0 aromatic rings. The molecular formula is C10H19NO2.